The van der Waals surface area contributed by atoms with E-state index in [0.29, 0.717) is 59.7 Å². The van der Waals surface area contributed by atoms with Crippen LogP contribution in [0.15, 0.2) is 36.4 Å². The number of methoxy groups -OCH3 is 1. The third kappa shape index (κ3) is 4.51. The fourth-order valence-electron chi connectivity index (χ4n) is 3.46. The molecule has 1 fully saturated rings. The van der Waals surface area contributed by atoms with Gasteiger partial charge < -0.3 is 15.4 Å². The first-order valence-electron chi connectivity index (χ1n) is 10.3. The van der Waals surface area contributed by atoms with E-state index >= 15 is 0 Å². The third-order valence-electron chi connectivity index (χ3n) is 5.33. The van der Waals surface area contributed by atoms with Crippen LogP contribution in [0.25, 0.3) is 11.2 Å². The average Bonchev–Trinajstić information content (AvgIpc) is 3.56. The zero-order valence-electron chi connectivity index (χ0n) is 17.7. The maximum atomic E-state index is 12.8. The van der Waals surface area contributed by atoms with Gasteiger partial charge in [0.25, 0.3) is 11.8 Å². The number of pyridine rings is 1. The predicted molar refractivity (Wildman–Crippen MR) is 118 cm³/mol. The van der Waals surface area contributed by atoms with Gasteiger partial charge in [-0.2, -0.15) is 0 Å². The summed E-state index contributed by atoms with van der Waals surface area (Å²) in [6, 6.07) is 10.5. The molecule has 2 heterocycles. The number of rotatable bonds is 8. The van der Waals surface area contributed by atoms with Crippen LogP contribution in [0.4, 0.5) is 11.6 Å². The first-order chi connectivity index (χ1) is 15.0. The molecular formula is C22H26N6O3. The Morgan fingerprint density at radius 1 is 1.26 bits per heavy atom. The van der Waals surface area contributed by atoms with Gasteiger partial charge in [0.15, 0.2) is 5.65 Å². The number of imidazole rings is 1. The molecule has 2 aromatic heterocycles. The second-order valence-corrected chi connectivity index (χ2v) is 7.70. The van der Waals surface area contributed by atoms with Crippen LogP contribution in [-0.4, -0.2) is 58.1 Å². The lowest BCUT2D eigenvalue weighted by molar-refractivity contribution is 0.0779. The molecule has 0 unspecified atom stereocenters. The second-order valence-electron chi connectivity index (χ2n) is 7.70. The first-order valence-corrected chi connectivity index (χ1v) is 10.3. The molecule has 3 N–H and O–H groups in total. The Kier molecular flexibility index (Phi) is 5.85. The minimum absolute atomic E-state index is 0.112. The molecule has 2 amide bonds. The molecule has 0 saturated heterocycles. The highest BCUT2D eigenvalue weighted by Crippen LogP contribution is 2.27. The normalized spacial score (nSPS) is 13.4. The predicted octanol–water partition coefficient (Wildman–Crippen LogP) is 2.54. The largest absolute Gasteiger partial charge is 0.399 e. The van der Waals surface area contributed by atoms with Crippen molar-refractivity contribution in [2.24, 2.45) is 0 Å². The summed E-state index contributed by atoms with van der Waals surface area (Å²) in [7, 11) is 3.44. The molecule has 0 aliphatic heterocycles. The van der Waals surface area contributed by atoms with E-state index in [1.807, 2.05) is 4.57 Å². The summed E-state index contributed by atoms with van der Waals surface area (Å²) in [6.45, 7) is 1.07. The van der Waals surface area contributed by atoms with Crippen molar-refractivity contribution >= 4 is 34.6 Å². The number of ether oxygens (including phenoxy) is 1. The summed E-state index contributed by atoms with van der Waals surface area (Å²) in [6.07, 6.45) is 2.75. The Bertz CT molecular complexity index is 1120. The van der Waals surface area contributed by atoms with Crippen LogP contribution in [0.2, 0.25) is 0 Å². The fourth-order valence-corrected chi connectivity index (χ4v) is 3.46. The van der Waals surface area contributed by atoms with Crippen molar-refractivity contribution in [1.29, 1.82) is 0 Å². The number of amides is 2. The minimum Gasteiger partial charge on any atom is -0.399 e. The Morgan fingerprint density at radius 2 is 2.06 bits per heavy atom. The number of nitrogens with two attached hydrogens (primary N) is 1. The van der Waals surface area contributed by atoms with Gasteiger partial charge in [0.2, 0.25) is 5.95 Å². The van der Waals surface area contributed by atoms with Crippen LogP contribution in [-0.2, 0) is 11.3 Å². The first kappa shape index (κ1) is 20.8. The molecule has 0 spiro atoms. The van der Waals surface area contributed by atoms with Gasteiger partial charge in [0, 0.05) is 44.6 Å². The van der Waals surface area contributed by atoms with E-state index < -0.39 is 0 Å². The highest BCUT2D eigenvalue weighted by atomic mass is 16.5. The fraction of sp³-hybridized carbons (Fsp3) is 0.364. The summed E-state index contributed by atoms with van der Waals surface area (Å²) < 4.78 is 6.98. The van der Waals surface area contributed by atoms with Crippen LogP contribution in [0.1, 0.15) is 40.1 Å². The monoisotopic (exact) mass is 422 g/mol. The van der Waals surface area contributed by atoms with Gasteiger partial charge in [0.1, 0.15) is 11.2 Å². The molecule has 1 saturated carbocycles. The van der Waals surface area contributed by atoms with Crippen LogP contribution in [0, 0.1) is 0 Å². The number of carbonyl (C=O) groups excluding carboxylic acids is 2. The number of benzene rings is 1. The molecule has 9 nitrogen and oxygen atoms in total. The lowest BCUT2D eigenvalue weighted by Gasteiger charge is -2.15. The molecule has 1 aromatic carbocycles. The summed E-state index contributed by atoms with van der Waals surface area (Å²) in [5, 5.41) is 2.85. The van der Waals surface area contributed by atoms with Gasteiger partial charge >= 0.3 is 0 Å². The van der Waals surface area contributed by atoms with Gasteiger partial charge in [-0.25, -0.2) is 9.97 Å². The molecule has 1 aliphatic rings. The van der Waals surface area contributed by atoms with Crippen LogP contribution in [0.5, 0.6) is 0 Å². The Labute approximate surface area is 180 Å². The summed E-state index contributed by atoms with van der Waals surface area (Å²) >= 11 is 0. The number of hydrogen-bond donors (Lipinski definition) is 2. The molecule has 1 aliphatic carbocycles. The minimum atomic E-state index is -0.319. The van der Waals surface area contributed by atoms with Crippen molar-refractivity contribution in [1.82, 2.24) is 19.4 Å². The summed E-state index contributed by atoms with van der Waals surface area (Å²) in [4.78, 5) is 36.4. The van der Waals surface area contributed by atoms with Crippen molar-refractivity contribution in [2.75, 3.05) is 31.8 Å². The van der Waals surface area contributed by atoms with Crippen LogP contribution in [0.3, 0.4) is 0 Å². The second kappa shape index (κ2) is 8.73. The molecule has 4 rings (SSSR count). The molecule has 3 aromatic rings. The van der Waals surface area contributed by atoms with Gasteiger partial charge in [0.05, 0.1) is 0 Å². The molecular weight excluding hydrogens is 396 g/mol. The molecule has 31 heavy (non-hydrogen) atoms. The molecule has 0 bridgehead atoms. The smallest absolute Gasteiger partial charge is 0.272 e. The standard InChI is InChI=1S/C22H26N6O3/c1-27(16-7-8-16)21(30)18-10-9-17-19(24-18)28(11-4-12-31-2)22(25-17)26-20(29)14-5-3-6-15(23)13-14/h3,5-6,9-10,13,16H,4,7-8,11-12,23H2,1-2H3,(H,25,26,29). The number of nitrogens with zero attached hydrogens (tertiary/aromatic N) is 4. The quantitative estimate of drug-likeness (QED) is 0.426. The lowest BCUT2D eigenvalue weighted by atomic mass is 10.2. The van der Waals surface area contributed by atoms with E-state index in [-0.39, 0.29) is 11.8 Å². The number of carbonyl (C=O) groups is 2. The number of fused-ring (bicyclic) bond motifs is 1. The van der Waals surface area contributed by atoms with E-state index in [1.165, 1.54) is 0 Å². The van der Waals surface area contributed by atoms with Gasteiger partial charge in [-0.05, 0) is 49.6 Å². The molecule has 0 atom stereocenters. The Hall–Kier alpha value is -3.46. The average molecular weight is 422 g/mol. The maximum absolute atomic E-state index is 12.8. The highest BCUT2D eigenvalue weighted by Gasteiger charge is 2.31. The third-order valence-corrected chi connectivity index (χ3v) is 5.33. The van der Waals surface area contributed by atoms with E-state index in [4.69, 9.17) is 10.5 Å². The zero-order chi connectivity index (χ0) is 22.0. The van der Waals surface area contributed by atoms with Gasteiger partial charge in [-0.15, -0.1) is 0 Å². The zero-order valence-corrected chi connectivity index (χ0v) is 17.7. The number of anilines is 2. The Balaban J connectivity index is 1.67. The van der Waals surface area contributed by atoms with Gasteiger partial charge in [-0.3, -0.25) is 19.5 Å². The topological polar surface area (TPSA) is 115 Å². The number of nitrogen functional groups attached to an aromatic ring is 1. The van der Waals surface area contributed by atoms with Crippen LogP contribution >= 0.6 is 0 Å². The highest BCUT2D eigenvalue weighted by molar-refractivity contribution is 6.04. The summed E-state index contributed by atoms with van der Waals surface area (Å²) in [5.41, 5.74) is 8.25. The van der Waals surface area contributed by atoms with Crippen molar-refractivity contribution < 1.29 is 14.3 Å². The van der Waals surface area contributed by atoms with Gasteiger partial charge in [-0.1, -0.05) is 6.07 Å². The van der Waals surface area contributed by atoms with Crippen molar-refractivity contribution in [3.05, 3.63) is 47.7 Å². The SMILES string of the molecule is COCCCn1c(NC(=O)c2cccc(N)c2)nc2ccc(C(=O)N(C)C3CC3)nc21. The van der Waals surface area contributed by atoms with Crippen LogP contribution < -0.4 is 11.1 Å². The molecule has 9 heteroatoms. The van der Waals surface area contributed by atoms with E-state index in [9.17, 15) is 9.59 Å². The maximum Gasteiger partial charge on any atom is 0.272 e. The van der Waals surface area contributed by atoms with E-state index in [2.05, 4.69) is 15.3 Å². The lowest BCUT2D eigenvalue weighted by Crippen LogP contribution is -2.29. The number of aryl methyl sites for hydroxylation is 1. The number of hydrogen-bond acceptors (Lipinski definition) is 6. The van der Waals surface area contributed by atoms with E-state index in [0.717, 1.165) is 12.8 Å². The number of nitrogens with one attached hydrogen (secondary N) is 1. The number of aromatic nitrogens is 3. The summed E-state index contributed by atoms with van der Waals surface area (Å²) in [5.74, 6) is -0.0640. The van der Waals surface area contributed by atoms with Crippen molar-refractivity contribution in [2.45, 2.75) is 31.8 Å². The Morgan fingerprint density at radius 3 is 2.77 bits per heavy atom. The van der Waals surface area contributed by atoms with Crippen molar-refractivity contribution in [3.8, 4) is 0 Å². The molecule has 0 radical (unpaired) electrons. The van der Waals surface area contributed by atoms with E-state index in [1.54, 1.807) is 55.5 Å². The molecule has 162 valence electrons. The van der Waals surface area contributed by atoms with Crippen molar-refractivity contribution in [3.63, 3.8) is 0 Å².